The van der Waals surface area contributed by atoms with Crippen molar-refractivity contribution in [1.29, 1.82) is 0 Å². The van der Waals surface area contributed by atoms with Gasteiger partial charge in [0, 0.05) is 13.6 Å². The van der Waals surface area contributed by atoms with E-state index in [9.17, 15) is 9.59 Å². The highest BCUT2D eigenvalue weighted by Crippen LogP contribution is 2.27. The number of benzene rings is 1. The van der Waals surface area contributed by atoms with Gasteiger partial charge in [-0.05, 0) is 38.3 Å². The van der Waals surface area contributed by atoms with Crippen LogP contribution in [0.15, 0.2) is 24.3 Å². The summed E-state index contributed by atoms with van der Waals surface area (Å²) in [6.07, 6.45) is 0.685. The van der Waals surface area contributed by atoms with Gasteiger partial charge in [0.2, 0.25) is 11.8 Å². The van der Waals surface area contributed by atoms with Gasteiger partial charge in [0.25, 0.3) is 0 Å². The van der Waals surface area contributed by atoms with E-state index in [1.54, 1.807) is 11.9 Å². The Hall–Kier alpha value is -1.84. The summed E-state index contributed by atoms with van der Waals surface area (Å²) in [6, 6.07) is 7.49. The second kappa shape index (κ2) is 5.27. The molecule has 0 radical (unpaired) electrons. The van der Waals surface area contributed by atoms with Crippen molar-refractivity contribution in [3.05, 3.63) is 35.4 Å². The largest absolute Gasteiger partial charge is 0.344 e. The maximum Gasteiger partial charge on any atom is 0.244 e. The minimum atomic E-state index is -0.646. The van der Waals surface area contributed by atoms with Crippen LogP contribution in [0, 0.1) is 6.92 Å². The standard InChI is InChI=1S/C16H22N2O2/c1-11-7-5-6-8-12(11)16(2,3)15(20)17-13-9-10-18(4)14(13)19/h5-8,13H,9-10H2,1-4H3,(H,17,20)/t13-/m1/s1. The first-order valence-corrected chi connectivity index (χ1v) is 6.96. The molecule has 0 aliphatic carbocycles. The predicted molar refractivity (Wildman–Crippen MR) is 78.4 cm³/mol. The van der Waals surface area contributed by atoms with E-state index in [1.165, 1.54) is 0 Å². The Morgan fingerprint density at radius 3 is 2.55 bits per heavy atom. The number of likely N-dealkylation sites (N-methyl/N-ethyl adjacent to an activating group) is 1. The Morgan fingerprint density at radius 1 is 1.35 bits per heavy atom. The molecule has 1 N–H and O–H groups in total. The lowest BCUT2D eigenvalue weighted by Gasteiger charge is -2.27. The maximum atomic E-state index is 12.5. The summed E-state index contributed by atoms with van der Waals surface area (Å²) >= 11 is 0. The van der Waals surface area contributed by atoms with Gasteiger partial charge in [0.1, 0.15) is 6.04 Å². The van der Waals surface area contributed by atoms with Gasteiger partial charge in [-0.2, -0.15) is 0 Å². The molecular weight excluding hydrogens is 252 g/mol. The minimum Gasteiger partial charge on any atom is -0.344 e. The van der Waals surface area contributed by atoms with Crippen molar-refractivity contribution >= 4 is 11.8 Å². The van der Waals surface area contributed by atoms with Gasteiger partial charge in [-0.1, -0.05) is 24.3 Å². The first-order valence-electron chi connectivity index (χ1n) is 6.96. The SMILES string of the molecule is Cc1ccccc1C(C)(C)C(=O)N[C@@H]1CCN(C)C1=O. The Kier molecular flexibility index (Phi) is 3.84. The lowest BCUT2D eigenvalue weighted by Crippen LogP contribution is -2.48. The normalized spacial score (nSPS) is 19.3. The number of nitrogens with one attached hydrogen (secondary N) is 1. The van der Waals surface area contributed by atoms with Gasteiger partial charge >= 0.3 is 0 Å². The second-order valence-electron chi connectivity index (χ2n) is 6.01. The molecule has 1 aliphatic rings. The molecule has 0 unspecified atom stereocenters. The molecule has 1 aliphatic heterocycles. The highest BCUT2D eigenvalue weighted by atomic mass is 16.2. The van der Waals surface area contributed by atoms with Crippen LogP contribution >= 0.6 is 0 Å². The molecule has 20 heavy (non-hydrogen) atoms. The molecule has 0 aromatic heterocycles. The number of hydrogen-bond acceptors (Lipinski definition) is 2. The minimum absolute atomic E-state index is 0.000987. The molecule has 2 rings (SSSR count). The van der Waals surface area contributed by atoms with Crippen molar-refractivity contribution in [2.24, 2.45) is 0 Å². The molecule has 1 saturated heterocycles. The summed E-state index contributed by atoms with van der Waals surface area (Å²) in [5.41, 5.74) is 1.44. The van der Waals surface area contributed by atoms with Gasteiger partial charge in [0.05, 0.1) is 5.41 Å². The third-order valence-corrected chi connectivity index (χ3v) is 4.12. The van der Waals surface area contributed by atoms with Crippen molar-refractivity contribution in [1.82, 2.24) is 10.2 Å². The number of amides is 2. The number of carbonyl (C=O) groups is 2. The fourth-order valence-corrected chi connectivity index (χ4v) is 2.69. The molecule has 0 bridgehead atoms. The molecule has 1 heterocycles. The zero-order valence-corrected chi connectivity index (χ0v) is 12.6. The van der Waals surface area contributed by atoms with Crippen molar-refractivity contribution in [3.63, 3.8) is 0 Å². The summed E-state index contributed by atoms with van der Waals surface area (Å²) in [7, 11) is 1.76. The van der Waals surface area contributed by atoms with Crippen LogP contribution in [0.1, 0.15) is 31.4 Å². The lowest BCUT2D eigenvalue weighted by molar-refractivity contribution is -0.133. The van der Waals surface area contributed by atoms with E-state index in [0.29, 0.717) is 13.0 Å². The van der Waals surface area contributed by atoms with Crippen LogP contribution in [0.3, 0.4) is 0 Å². The zero-order chi connectivity index (χ0) is 14.9. The molecular formula is C16H22N2O2. The molecule has 1 aromatic carbocycles. The Labute approximate surface area is 120 Å². The third-order valence-electron chi connectivity index (χ3n) is 4.12. The van der Waals surface area contributed by atoms with E-state index in [-0.39, 0.29) is 17.9 Å². The zero-order valence-electron chi connectivity index (χ0n) is 12.6. The van der Waals surface area contributed by atoms with Crippen molar-refractivity contribution < 1.29 is 9.59 Å². The summed E-state index contributed by atoms with van der Waals surface area (Å²) in [4.78, 5) is 26.1. The Morgan fingerprint density at radius 2 is 2.00 bits per heavy atom. The third kappa shape index (κ3) is 2.55. The van der Waals surface area contributed by atoms with Crippen LogP contribution in [0.4, 0.5) is 0 Å². The van der Waals surface area contributed by atoms with Crippen LogP contribution in [-0.4, -0.2) is 36.3 Å². The molecule has 4 heteroatoms. The Bertz CT molecular complexity index is 537. The highest BCUT2D eigenvalue weighted by Gasteiger charge is 2.36. The first-order chi connectivity index (χ1) is 9.34. The quantitative estimate of drug-likeness (QED) is 0.910. The van der Waals surface area contributed by atoms with Crippen LogP contribution in [0.2, 0.25) is 0 Å². The van der Waals surface area contributed by atoms with Gasteiger partial charge in [-0.3, -0.25) is 9.59 Å². The molecule has 4 nitrogen and oxygen atoms in total. The fraction of sp³-hybridized carbons (Fsp3) is 0.500. The summed E-state index contributed by atoms with van der Waals surface area (Å²) < 4.78 is 0. The summed E-state index contributed by atoms with van der Waals surface area (Å²) in [5.74, 6) is -0.0978. The van der Waals surface area contributed by atoms with Crippen molar-refractivity contribution in [2.45, 2.75) is 38.6 Å². The molecule has 0 spiro atoms. The monoisotopic (exact) mass is 274 g/mol. The average Bonchev–Trinajstić information content (AvgIpc) is 2.71. The van der Waals surface area contributed by atoms with E-state index >= 15 is 0 Å². The molecule has 2 amide bonds. The average molecular weight is 274 g/mol. The molecule has 108 valence electrons. The number of carbonyl (C=O) groups excluding carboxylic acids is 2. The number of nitrogens with zero attached hydrogens (tertiary/aromatic N) is 1. The molecule has 1 aromatic rings. The van der Waals surface area contributed by atoms with Crippen LogP contribution < -0.4 is 5.32 Å². The van der Waals surface area contributed by atoms with Crippen molar-refractivity contribution in [2.75, 3.05) is 13.6 Å². The lowest BCUT2D eigenvalue weighted by atomic mass is 9.81. The molecule has 1 fully saturated rings. The highest BCUT2D eigenvalue weighted by molar-refractivity contribution is 5.93. The van der Waals surface area contributed by atoms with E-state index in [0.717, 1.165) is 11.1 Å². The van der Waals surface area contributed by atoms with Crippen LogP contribution in [-0.2, 0) is 15.0 Å². The van der Waals surface area contributed by atoms with Crippen LogP contribution in [0.5, 0.6) is 0 Å². The van der Waals surface area contributed by atoms with E-state index in [4.69, 9.17) is 0 Å². The second-order valence-corrected chi connectivity index (χ2v) is 6.01. The van der Waals surface area contributed by atoms with Gasteiger partial charge in [0.15, 0.2) is 0 Å². The van der Waals surface area contributed by atoms with E-state index < -0.39 is 5.41 Å². The maximum absolute atomic E-state index is 12.5. The van der Waals surface area contributed by atoms with E-state index in [2.05, 4.69) is 5.32 Å². The summed E-state index contributed by atoms with van der Waals surface area (Å²) in [6.45, 7) is 6.50. The van der Waals surface area contributed by atoms with Gasteiger partial charge < -0.3 is 10.2 Å². The number of rotatable bonds is 3. The van der Waals surface area contributed by atoms with Crippen molar-refractivity contribution in [3.8, 4) is 0 Å². The molecule has 0 saturated carbocycles. The predicted octanol–water partition coefficient (Wildman–Crippen LogP) is 1.62. The van der Waals surface area contributed by atoms with E-state index in [1.807, 2.05) is 45.0 Å². The van der Waals surface area contributed by atoms with Gasteiger partial charge in [-0.15, -0.1) is 0 Å². The smallest absolute Gasteiger partial charge is 0.244 e. The first kappa shape index (κ1) is 14.6. The van der Waals surface area contributed by atoms with Crippen LogP contribution in [0.25, 0.3) is 0 Å². The topological polar surface area (TPSA) is 49.4 Å². The summed E-state index contributed by atoms with van der Waals surface area (Å²) in [5, 5.41) is 2.89. The Balaban J connectivity index is 2.16. The number of hydrogen-bond donors (Lipinski definition) is 1. The van der Waals surface area contributed by atoms with Gasteiger partial charge in [-0.25, -0.2) is 0 Å². The molecule has 1 atom stereocenters. The number of aryl methyl sites for hydroxylation is 1. The number of likely N-dealkylation sites (tertiary alicyclic amines) is 1. The fourth-order valence-electron chi connectivity index (χ4n) is 2.69.